The largest absolute Gasteiger partial charge is 0.483 e. The lowest BCUT2D eigenvalue weighted by Crippen LogP contribution is -2.50. The standard InChI is InChI=1S/C18H32N4O.2CH2O2/c1-14-12-15(2)22(19-14)13-16(3)20-8-4-17(5-9-20)21-10-6-18(23)7-11-21;2*2-1-3/h12,16-18,23H,4-11,13H2,1-3H3;2*1H,(H,2,3). The van der Waals surface area contributed by atoms with E-state index in [2.05, 4.69) is 46.4 Å². The molecule has 2 fully saturated rings. The lowest BCUT2D eigenvalue weighted by molar-refractivity contribution is -0.123. The minimum atomic E-state index is -0.250. The Morgan fingerprint density at radius 3 is 2.03 bits per heavy atom. The van der Waals surface area contributed by atoms with E-state index in [1.807, 2.05) is 0 Å². The summed E-state index contributed by atoms with van der Waals surface area (Å²) in [7, 11) is 0. The number of hydrogen-bond acceptors (Lipinski definition) is 6. The molecule has 0 amide bonds. The van der Waals surface area contributed by atoms with Gasteiger partial charge in [0.15, 0.2) is 0 Å². The van der Waals surface area contributed by atoms with Crippen molar-refractivity contribution in [3.8, 4) is 0 Å². The van der Waals surface area contributed by atoms with Crippen molar-refractivity contribution in [2.75, 3.05) is 26.2 Å². The van der Waals surface area contributed by atoms with Crippen molar-refractivity contribution in [3.05, 3.63) is 17.5 Å². The third-order valence-corrected chi connectivity index (χ3v) is 5.68. The van der Waals surface area contributed by atoms with Gasteiger partial charge >= 0.3 is 0 Å². The quantitative estimate of drug-likeness (QED) is 0.632. The zero-order valence-electron chi connectivity index (χ0n) is 17.8. The molecule has 3 heterocycles. The summed E-state index contributed by atoms with van der Waals surface area (Å²) in [5, 5.41) is 28.0. The van der Waals surface area contributed by atoms with E-state index < -0.39 is 0 Å². The van der Waals surface area contributed by atoms with E-state index in [0.717, 1.165) is 44.2 Å². The van der Waals surface area contributed by atoms with Gasteiger partial charge in [-0.25, -0.2) is 0 Å². The molecule has 0 bridgehead atoms. The van der Waals surface area contributed by atoms with Crippen LogP contribution in [-0.2, 0) is 16.1 Å². The Hall–Kier alpha value is -1.97. The Kier molecular flexibility index (Phi) is 11.5. The van der Waals surface area contributed by atoms with E-state index in [4.69, 9.17) is 19.8 Å². The van der Waals surface area contributed by atoms with Crippen LogP contribution in [0.5, 0.6) is 0 Å². The maximum atomic E-state index is 9.66. The molecular formula is C20H36N4O5. The van der Waals surface area contributed by atoms with Crippen LogP contribution < -0.4 is 0 Å². The number of likely N-dealkylation sites (tertiary alicyclic amines) is 2. The van der Waals surface area contributed by atoms with E-state index in [0.29, 0.717) is 6.04 Å². The Morgan fingerprint density at radius 1 is 1.07 bits per heavy atom. The van der Waals surface area contributed by atoms with Gasteiger partial charge in [-0.15, -0.1) is 0 Å². The number of aliphatic hydroxyl groups excluding tert-OH is 1. The van der Waals surface area contributed by atoms with Crippen LogP contribution in [-0.4, -0.2) is 92.2 Å². The van der Waals surface area contributed by atoms with Crippen LogP contribution in [0, 0.1) is 13.8 Å². The van der Waals surface area contributed by atoms with Gasteiger partial charge in [0.1, 0.15) is 0 Å². The number of aryl methyl sites for hydroxylation is 2. The third kappa shape index (κ3) is 8.51. The van der Waals surface area contributed by atoms with Crippen LogP contribution in [0.25, 0.3) is 0 Å². The van der Waals surface area contributed by atoms with Crippen molar-refractivity contribution in [3.63, 3.8) is 0 Å². The molecule has 1 unspecified atom stereocenters. The summed E-state index contributed by atoms with van der Waals surface area (Å²) in [6, 6.07) is 3.42. The van der Waals surface area contributed by atoms with E-state index in [1.165, 1.54) is 31.6 Å². The predicted molar refractivity (Wildman–Crippen MR) is 110 cm³/mol. The molecule has 0 radical (unpaired) electrons. The first-order valence-corrected chi connectivity index (χ1v) is 10.2. The maximum Gasteiger partial charge on any atom is 0.290 e. The highest BCUT2D eigenvalue weighted by Gasteiger charge is 2.29. The first-order chi connectivity index (χ1) is 13.9. The molecule has 166 valence electrons. The van der Waals surface area contributed by atoms with Crippen LogP contribution in [0.2, 0.25) is 0 Å². The number of rotatable bonds is 4. The highest BCUT2D eigenvalue weighted by Crippen LogP contribution is 2.22. The maximum absolute atomic E-state index is 9.66. The van der Waals surface area contributed by atoms with Gasteiger partial charge in [0.2, 0.25) is 0 Å². The Balaban J connectivity index is 0.000000626. The number of aliphatic hydroxyl groups is 1. The predicted octanol–water partition coefficient (Wildman–Crippen LogP) is 1.21. The Bertz CT molecular complexity index is 588. The van der Waals surface area contributed by atoms with E-state index in [9.17, 15) is 5.11 Å². The zero-order valence-corrected chi connectivity index (χ0v) is 17.8. The van der Waals surface area contributed by atoms with Gasteiger partial charge in [0.25, 0.3) is 12.9 Å². The van der Waals surface area contributed by atoms with E-state index in [-0.39, 0.29) is 19.0 Å². The van der Waals surface area contributed by atoms with Gasteiger partial charge in [-0.2, -0.15) is 5.10 Å². The number of piperidine rings is 2. The first kappa shape index (κ1) is 25.1. The monoisotopic (exact) mass is 412 g/mol. The number of aromatic nitrogens is 2. The third-order valence-electron chi connectivity index (χ3n) is 5.68. The number of nitrogens with zero attached hydrogens (tertiary/aromatic N) is 4. The summed E-state index contributed by atoms with van der Waals surface area (Å²) in [5.74, 6) is 0. The molecule has 0 aliphatic carbocycles. The van der Waals surface area contributed by atoms with Crippen molar-refractivity contribution in [2.45, 2.75) is 71.2 Å². The molecule has 1 aromatic heterocycles. The molecule has 2 aliphatic rings. The van der Waals surface area contributed by atoms with Crippen LogP contribution in [0.1, 0.15) is 44.0 Å². The molecule has 1 atom stereocenters. The SMILES string of the molecule is Cc1cc(C)n(CC(C)N2CCC(N3CCC(O)CC3)CC2)n1.O=CO.O=CO. The Labute approximate surface area is 172 Å². The van der Waals surface area contributed by atoms with Crippen molar-refractivity contribution in [2.24, 2.45) is 0 Å². The van der Waals surface area contributed by atoms with Crippen LogP contribution >= 0.6 is 0 Å². The molecule has 9 heteroatoms. The van der Waals surface area contributed by atoms with Gasteiger partial charge in [-0.3, -0.25) is 19.2 Å². The fraction of sp³-hybridized carbons (Fsp3) is 0.750. The van der Waals surface area contributed by atoms with Crippen LogP contribution in [0.3, 0.4) is 0 Å². The zero-order chi connectivity index (χ0) is 21.8. The lowest BCUT2D eigenvalue weighted by atomic mass is 9.98. The fourth-order valence-corrected chi connectivity index (χ4v) is 4.17. The van der Waals surface area contributed by atoms with Crippen LogP contribution in [0.4, 0.5) is 0 Å². The molecule has 0 aromatic carbocycles. The van der Waals surface area contributed by atoms with E-state index >= 15 is 0 Å². The number of carboxylic acid groups (broad SMARTS) is 2. The summed E-state index contributed by atoms with van der Waals surface area (Å²) in [4.78, 5) is 21.9. The summed E-state index contributed by atoms with van der Waals surface area (Å²) >= 11 is 0. The van der Waals surface area contributed by atoms with Gasteiger partial charge in [0, 0.05) is 30.9 Å². The molecule has 29 heavy (non-hydrogen) atoms. The average Bonchev–Trinajstić information content (AvgIpc) is 3.00. The number of carbonyl (C=O) groups is 2. The summed E-state index contributed by atoms with van der Waals surface area (Å²) < 4.78 is 2.15. The lowest BCUT2D eigenvalue weighted by Gasteiger charge is -2.42. The van der Waals surface area contributed by atoms with Crippen molar-refractivity contribution in [1.82, 2.24) is 19.6 Å². The molecule has 0 spiro atoms. The Morgan fingerprint density at radius 2 is 1.59 bits per heavy atom. The second-order valence-electron chi connectivity index (χ2n) is 7.70. The molecule has 3 N–H and O–H groups in total. The summed E-state index contributed by atoms with van der Waals surface area (Å²) in [6.07, 6.45) is 4.37. The summed E-state index contributed by atoms with van der Waals surface area (Å²) in [6.45, 7) is 11.5. The highest BCUT2D eigenvalue weighted by molar-refractivity contribution is 5.33. The van der Waals surface area contributed by atoms with Crippen molar-refractivity contribution >= 4 is 12.9 Å². The average molecular weight is 413 g/mol. The highest BCUT2D eigenvalue weighted by atomic mass is 16.3. The number of hydrogen-bond donors (Lipinski definition) is 3. The minimum Gasteiger partial charge on any atom is -0.483 e. The second kappa shape index (κ2) is 13.3. The van der Waals surface area contributed by atoms with Crippen molar-refractivity contribution in [1.29, 1.82) is 0 Å². The molecular weight excluding hydrogens is 376 g/mol. The first-order valence-electron chi connectivity index (χ1n) is 10.2. The fourth-order valence-electron chi connectivity index (χ4n) is 4.17. The van der Waals surface area contributed by atoms with Gasteiger partial charge in [-0.05, 0) is 65.6 Å². The van der Waals surface area contributed by atoms with Gasteiger partial charge < -0.3 is 20.2 Å². The molecule has 2 aliphatic heterocycles. The molecule has 2 saturated heterocycles. The topological polar surface area (TPSA) is 119 Å². The molecule has 0 saturated carbocycles. The van der Waals surface area contributed by atoms with Gasteiger partial charge in [-0.1, -0.05) is 0 Å². The van der Waals surface area contributed by atoms with Gasteiger partial charge in [0.05, 0.1) is 18.3 Å². The molecule has 9 nitrogen and oxygen atoms in total. The normalized spacial score (nSPS) is 20.0. The molecule has 1 aromatic rings. The smallest absolute Gasteiger partial charge is 0.290 e. The van der Waals surface area contributed by atoms with E-state index in [1.54, 1.807) is 0 Å². The minimum absolute atomic E-state index is 0.0628. The summed E-state index contributed by atoms with van der Waals surface area (Å²) in [5.41, 5.74) is 2.37. The second-order valence-corrected chi connectivity index (χ2v) is 7.70. The van der Waals surface area contributed by atoms with Crippen LogP contribution in [0.15, 0.2) is 6.07 Å². The van der Waals surface area contributed by atoms with Crippen molar-refractivity contribution < 1.29 is 24.9 Å². The molecule has 3 rings (SSSR count).